The summed E-state index contributed by atoms with van der Waals surface area (Å²) in [5.74, 6) is -1.87. The van der Waals surface area contributed by atoms with Gasteiger partial charge in [-0.25, -0.2) is 0 Å². The van der Waals surface area contributed by atoms with Crippen LogP contribution in [0.2, 0.25) is 5.02 Å². The standard InChI is InChI=1S/C20H18ClN3O3/c21-13-7-5-12(6-8-13)15-10-24(11-16(15)20(26)27)19(25)9-18-14-3-1-2-4-17(14)22-23-18/h1-8,15-16H,9-11H2,(H,22,23)(H,26,27)/t15-,16+/m0/s1. The second-order valence-electron chi connectivity index (χ2n) is 6.80. The summed E-state index contributed by atoms with van der Waals surface area (Å²) in [5, 5.41) is 18.3. The van der Waals surface area contributed by atoms with Crippen LogP contribution in [0.3, 0.4) is 0 Å². The molecule has 0 unspecified atom stereocenters. The molecule has 1 aliphatic rings. The second kappa shape index (κ2) is 7.04. The molecule has 0 radical (unpaired) electrons. The first-order valence-corrected chi connectivity index (χ1v) is 9.09. The minimum atomic E-state index is -0.891. The van der Waals surface area contributed by atoms with E-state index in [0.29, 0.717) is 11.6 Å². The number of hydrogen-bond donors (Lipinski definition) is 2. The molecule has 138 valence electrons. The predicted octanol–water partition coefficient (Wildman–Crippen LogP) is 3.09. The van der Waals surface area contributed by atoms with Crippen molar-refractivity contribution in [2.75, 3.05) is 13.1 Å². The van der Waals surface area contributed by atoms with Gasteiger partial charge in [0, 0.05) is 29.4 Å². The average molecular weight is 384 g/mol. The molecule has 0 aliphatic carbocycles. The van der Waals surface area contributed by atoms with Gasteiger partial charge in [0.2, 0.25) is 5.91 Å². The number of amides is 1. The fourth-order valence-electron chi connectivity index (χ4n) is 3.72. The van der Waals surface area contributed by atoms with Gasteiger partial charge in [0.1, 0.15) is 0 Å². The highest BCUT2D eigenvalue weighted by atomic mass is 35.5. The zero-order valence-corrected chi connectivity index (χ0v) is 15.2. The van der Waals surface area contributed by atoms with E-state index in [4.69, 9.17) is 11.6 Å². The fraction of sp³-hybridized carbons (Fsp3) is 0.250. The highest BCUT2D eigenvalue weighted by Gasteiger charge is 2.40. The number of benzene rings is 2. The van der Waals surface area contributed by atoms with E-state index < -0.39 is 11.9 Å². The van der Waals surface area contributed by atoms with Crippen LogP contribution < -0.4 is 0 Å². The van der Waals surface area contributed by atoms with Crippen LogP contribution in [0.1, 0.15) is 17.2 Å². The molecule has 0 saturated carbocycles. The number of aromatic nitrogens is 2. The van der Waals surface area contributed by atoms with Crippen LogP contribution in [0.5, 0.6) is 0 Å². The largest absolute Gasteiger partial charge is 0.481 e. The van der Waals surface area contributed by atoms with Crippen LogP contribution in [0.15, 0.2) is 48.5 Å². The number of nitrogens with zero attached hydrogens (tertiary/aromatic N) is 2. The molecule has 2 N–H and O–H groups in total. The van der Waals surface area contributed by atoms with Crippen molar-refractivity contribution in [2.24, 2.45) is 5.92 Å². The Morgan fingerprint density at radius 2 is 1.89 bits per heavy atom. The quantitative estimate of drug-likeness (QED) is 0.724. The van der Waals surface area contributed by atoms with Crippen LogP contribution in [-0.2, 0) is 16.0 Å². The summed E-state index contributed by atoms with van der Waals surface area (Å²) in [7, 11) is 0. The maximum Gasteiger partial charge on any atom is 0.308 e. The van der Waals surface area contributed by atoms with E-state index in [1.165, 1.54) is 0 Å². The highest BCUT2D eigenvalue weighted by Crippen LogP contribution is 2.34. The topological polar surface area (TPSA) is 86.3 Å². The first kappa shape index (κ1) is 17.5. The van der Waals surface area contributed by atoms with Crippen molar-refractivity contribution in [1.82, 2.24) is 15.1 Å². The van der Waals surface area contributed by atoms with Crippen LogP contribution in [0.25, 0.3) is 10.9 Å². The number of halogens is 1. The fourth-order valence-corrected chi connectivity index (χ4v) is 3.84. The maximum absolute atomic E-state index is 12.8. The van der Waals surface area contributed by atoms with Gasteiger partial charge in [0.15, 0.2) is 0 Å². The molecular formula is C20H18ClN3O3. The van der Waals surface area contributed by atoms with E-state index in [-0.39, 0.29) is 24.8 Å². The van der Waals surface area contributed by atoms with Crippen LogP contribution in [0, 0.1) is 5.92 Å². The molecule has 1 aliphatic heterocycles. The molecule has 27 heavy (non-hydrogen) atoms. The lowest BCUT2D eigenvalue weighted by Crippen LogP contribution is -2.31. The number of H-pyrrole nitrogens is 1. The molecular weight excluding hydrogens is 366 g/mol. The smallest absolute Gasteiger partial charge is 0.308 e. The number of para-hydroxylation sites is 1. The monoisotopic (exact) mass is 383 g/mol. The Morgan fingerprint density at radius 3 is 2.63 bits per heavy atom. The molecule has 0 spiro atoms. The number of hydrogen-bond acceptors (Lipinski definition) is 3. The summed E-state index contributed by atoms with van der Waals surface area (Å²) in [6.45, 7) is 0.580. The summed E-state index contributed by atoms with van der Waals surface area (Å²) in [6, 6.07) is 14.8. The normalized spacial score (nSPS) is 19.5. The number of carboxylic acid groups (broad SMARTS) is 1. The minimum Gasteiger partial charge on any atom is -0.481 e. The molecule has 7 heteroatoms. The van der Waals surface area contributed by atoms with E-state index in [2.05, 4.69) is 10.2 Å². The first-order chi connectivity index (χ1) is 13.0. The molecule has 1 saturated heterocycles. The summed E-state index contributed by atoms with van der Waals surface area (Å²) in [6.07, 6.45) is 0.167. The Labute approximate surface area is 160 Å². The Morgan fingerprint density at radius 1 is 1.15 bits per heavy atom. The number of likely N-dealkylation sites (tertiary alicyclic amines) is 1. The molecule has 1 aromatic heterocycles. The number of fused-ring (bicyclic) bond motifs is 1. The molecule has 2 heterocycles. The summed E-state index contributed by atoms with van der Waals surface area (Å²) >= 11 is 5.93. The van der Waals surface area contributed by atoms with Crippen molar-refractivity contribution in [3.63, 3.8) is 0 Å². The lowest BCUT2D eigenvalue weighted by molar-refractivity contribution is -0.141. The van der Waals surface area contributed by atoms with E-state index in [1.54, 1.807) is 17.0 Å². The lowest BCUT2D eigenvalue weighted by atomic mass is 9.89. The van der Waals surface area contributed by atoms with Gasteiger partial charge in [-0.1, -0.05) is 41.9 Å². The van der Waals surface area contributed by atoms with Crippen LogP contribution in [0.4, 0.5) is 0 Å². The number of carbonyl (C=O) groups is 2. The number of nitrogens with one attached hydrogen (secondary N) is 1. The average Bonchev–Trinajstić information content (AvgIpc) is 3.28. The van der Waals surface area contributed by atoms with Crippen molar-refractivity contribution < 1.29 is 14.7 Å². The SMILES string of the molecule is O=C(O)[C@@H]1CN(C(=O)Cc2[nH]nc3ccccc23)C[C@H]1c1ccc(Cl)cc1. The van der Waals surface area contributed by atoms with Gasteiger partial charge in [-0.2, -0.15) is 5.10 Å². The lowest BCUT2D eigenvalue weighted by Gasteiger charge is -2.16. The molecule has 3 aromatic rings. The first-order valence-electron chi connectivity index (χ1n) is 8.71. The van der Waals surface area contributed by atoms with Gasteiger partial charge in [-0.05, 0) is 23.8 Å². The van der Waals surface area contributed by atoms with Gasteiger partial charge < -0.3 is 10.0 Å². The Kier molecular flexibility index (Phi) is 4.58. The van der Waals surface area contributed by atoms with E-state index in [0.717, 1.165) is 22.2 Å². The Hall–Kier alpha value is -2.86. The third-order valence-electron chi connectivity index (χ3n) is 5.16. The molecule has 6 nitrogen and oxygen atoms in total. The van der Waals surface area contributed by atoms with Gasteiger partial charge in [0.05, 0.1) is 23.5 Å². The van der Waals surface area contributed by atoms with Crippen molar-refractivity contribution in [2.45, 2.75) is 12.3 Å². The van der Waals surface area contributed by atoms with Crippen molar-refractivity contribution >= 4 is 34.4 Å². The van der Waals surface area contributed by atoms with Gasteiger partial charge in [-0.15, -0.1) is 0 Å². The highest BCUT2D eigenvalue weighted by molar-refractivity contribution is 6.30. The number of carboxylic acids is 1. The summed E-state index contributed by atoms with van der Waals surface area (Å²) in [4.78, 5) is 26.2. The van der Waals surface area contributed by atoms with Crippen LogP contribution >= 0.6 is 11.6 Å². The minimum absolute atomic E-state index is 0.105. The Bertz CT molecular complexity index is 999. The third-order valence-corrected chi connectivity index (χ3v) is 5.41. The third kappa shape index (κ3) is 3.40. The molecule has 4 rings (SSSR count). The molecule has 1 amide bonds. The molecule has 2 atom stereocenters. The number of carbonyl (C=O) groups excluding carboxylic acids is 1. The Balaban J connectivity index is 1.54. The number of rotatable bonds is 4. The van der Waals surface area contributed by atoms with Gasteiger partial charge in [0.25, 0.3) is 0 Å². The molecule has 0 bridgehead atoms. The maximum atomic E-state index is 12.8. The van der Waals surface area contributed by atoms with E-state index in [9.17, 15) is 14.7 Å². The van der Waals surface area contributed by atoms with Gasteiger partial charge >= 0.3 is 5.97 Å². The van der Waals surface area contributed by atoms with Crippen molar-refractivity contribution in [3.8, 4) is 0 Å². The summed E-state index contributed by atoms with van der Waals surface area (Å²) in [5.41, 5.74) is 2.44. The van der Waals surface area contributed by atoms with Crippen molar-refractivity contribution in [1.29, 1.82) is 0 Å². The van der Waals surface area contributed by atoms with Crippen molar-refractivity contribution in [3.05, 3.63) is 64.8 Å². The predicted molar refractivity (Wildman–Crippen MR) is 102 cm³/mol. The number of aromatic amines is 1. The molecule has 2 aromatic carbocycles. The van der Waals surface area contributed by atoms with E-state index in [1.807, 2.05) is 36.4 Å². The van der Waals surface area contributed by atoms with Crippen LogP contribution in [-0.4, -0.2) is 45.2 Å². The zero-order valence-electron chi connectivity index (χ0n) is 14.4. The molecule has 1 fully saturated rings. The van der Waals surface area contributed by atoms with Gasteiger partial charge in [-0.3, -0.25) is 14.7 Å². The second-order valence-corrected chi connectivity index (χ2v) is 7.23. The van der Waals surface area contributed by atoms with E-state index >= 15 is 0 Å². The number of aliphatic carboxylic acids is 1. The summed E-state index contributed by atoms with van der Waals surface area (Å²) < 4.78 is 0. The zero-order chi connectivity index (χ0) is 19.0.